The first-order valence-electron chi connectivity index (χ1n) is 8.12. The van der Waals surface area contributed by atoms with Crippen LogP contribution < -0.4 is 5.32 Å². The number of nitrogens with one attached hydrogen (secondary N) is 1. The average molecular weight is 360 g/mol. The molecule has 0 saturated carbocycles. The van der Waals surface area contributed by atoms with Crippen molar-refractivity contribution in [3.05, 3.63) is 70.9 Å². The van der Waals surface area contributed by atoms with Crippen LogP contribution in [-0.2, 0) is 4.79 Å². The smallest absolute Gasteiger partial charge is 0.221 e. The zero-order valence-corrected chi connectivity index (χ0v) is 14.8. The second-order valence-electron chi connectivity index (χ2n) is 6.26. The Hall–Kier alpha value is -2.40. The van der Waals surface area contributed by atoms with Crippen LogP contribution in [0.5, 0.6) is 0 Å². The van der Waals surface area contributed by atoms with E-state index in [1.54, 1.807) is 42.7 Å². The van der Waals surface area contributed by atoms with Crippen LogP contribution in [-0.4, -0.2) is 21.3 Å². The van der Waals surface area contributed by atoms with Crippen molar-refractivity contribution in [3.63, 3.8) is 0 Å². The molecule has 0 radical (unpaired) electrons. The quantitative estimate of drug-likeness (QED) is 0.743. The number of rotatable bonds is 5. The van der Waals surface area contributed by atoms with Crippen LogP contribution in [0, 0.1) is 5.82 Å². The number of halogens is 2. The van der Waals surface area contributed by atoms with Crippen molar-refractivity contribution in [2.45, 2.75) is 32.2 Å². The highest BCUT2D eigenvalue weighted by Crippen LogP contribution is 2.31. The second kappa shape index (κ2) is 7.23. The van der Waals surface area contributed by atoms with Gasteiger partial charge in [0.1, 0.15) is 11.5 Å². The SMILES string of the molecule is CC(C)NC(=O)CC(c1ccccc1F)c1cnc2ccc(Cl)cn12. The Morgan fingerprint density at radius 1 is 1.28 bits per heavy atom. The molecule has 25 heavy (non-hydrogen) atoms. The Morgan fingerprint density at radius 3 is 2.76 bits per heavy atom. The van der Waals surface area contributed by atoms with E-state index in [1.165, 1.54) is 6.07 Å². The molecule has 1 N–H and O–H groups in total. The summed E-state index contributed by atoms with van der Waals surface area (Å²) in [4.78, 5) is 16.7. The molecule has 1 amide bonds. The third-order valence-electron chi connectivity index (χ3n) is 3.97. The van der Waals surface area contributed by atoms with Crippen LogP contribution in [0.25, 0.3) is 5.65 Å². The van der Waals surface area contributed by atoms with Gasteiger partial charge in [-0.3, -0.25) is 4.79 Å². The highest BCUT2D eigenvalue weighted by atomic mass is 35.5. The first-order valence-corrected chi connectivity index (χ1v) is 8.50. The van der Waals surface area contributed by atoms with Crippen molar-refractivity contribution in [1.29, 1.82) is 0 Å². The minimum Gasteiger partial charge on any atom is -0.354 e. The molecule has 4 nitrogen and oxygen atoms in total. The number of hydrogen-bond donors (Lipinski definition) is 1. The number of nitrogens with zero attached hydrogens (tertiary/aromatic N) is 2. The van der Waals surface area contributed by atoms with Gasteiger partial charge in [0.2, 0.25) is 5.91 Å². The Morgan fingerprint density at radius 2 is 2.04 bits per heavy atom. The number of carbonyl (C=O) groups excluding carboxylic acids is 1. The predicted octanol–water partition coefficient (Wildman–Crippen LogP) is 4.17. The van der Waals surface area contributed by atoms with E-state index in [0.717, 1.165) is 5.69 Å². The molecule has 1 aromatic carbocycles. The van der Waals surface area contributed by atoms with Gasteiger partial charge in [-0.05, 0) is 37.6 Å². The van der Waals surface area contributed by atoms with E-state index in [-0.39, 0.29) is 24.2 Å². The lowest BCUT2D eigenvalue weighted by molar-refractivity contribution is -0.121. The molecule has 2 heterocycles. The molecular weight excluding hydrogens is 341 g/mol. The largest absolute Gasteiger partial charge is 0.354 e. The van der Waals surface area contributed by atoms with Gasteiger partial charge in [-0.25, -0.2) is 9.37 Å². The fourth-order valence-electron chi connectivity index (χ4n) is 2.93. The number of amides is 1. The molecule has 6 heteroatoms. The van der Waals surface area contributed by atoms with Gasteiger partial charge in [-0.15, -0.1) is 0 Å². The fraction of sp³-hybridized carbons (Fsp3) is 0.263. The molecule has 3 aromatic rings. The Bertz CT molecular complexity index is 907. The van der Waals surface area contributed by atoms with E-state index in [2.05, 4.69) is 10.3 Å². The number of fused-ring (bicyclic) bond motifs is 1. The summed E-state index contributed by atoms with van der Waals surface area (Å²) in [6.45, 7) is 3.79. The van der Waals surface area contributed by atoms with Crippen LogP contribution >= 0.6 is 11.6 Å². The van der Waals surface area contributed by atoms with Gasteiger partial charge in [0.25, 0.3) is 0 Å². The van der Waals surface area contributed by atoms with Crippen LogP contribution in [0.1, 0.15) is 37.4 Å². The zero-order valence-electron chi connectivity index (χ0n) is 14.0. The van der Waals surface area contributed by atoms with E-state index in [4.69, 9.17) is 11.6 Å². The van der Waals surface area contributed by atoms with Crippen LogP contribution in [0.15, 0.2) is 48.8 Å². The van der Waals surface area contributed by atoms with Gasteiger partial charge in [0.05, 0.1) is 10.7 Å². The number of hydrogen-bond acceptors (Lipinski definition) is 2. The van der Waals surface area contributed by atoms with Crippen molar-refractivity contribution in [1.82, 2.24) is 14.7 Å². The van der Waals surface area contributed by atoms with Gasteiger partial charge in [-0.2, -0.15) is 0 Å². The Kier molecular flexibility index (Phi) is 5.04. The van der Waals surface area contributed by atoms with Gasteiger partial charge in [-0.1, -0.05) is 29.8 Å². The summed E-state index contributed by atoms with van der Waals surface area (Å²) in [5.74, 6) is -0.949. The molecule has 0 saturated heterocycles. The molecule has 0 aliphatic heterocycles. The first-order chi connectivity index (χ1) is 12.0. The lowest BCUT2D eigenvalue weighted by Gasteiger charge is -2.19. The van der Waals surface area contributed by atoms with Crippen LogP contribution in [0.2, 0.25) is 5.02 Å². The molecule has 1 atom stereocenters. The number of pyridine rings is 1. The maximum absolute atomic E-state index is 14.4. The molecule has 0 aliphatic carbocycles. The molecule has 2 aromatic heterocycles. The van der Waals surface area contributed by atoms with Crippen LogP contribution in [0.4, 0.5) is 4.39 Å². The molecule has 3 rings (SSSR count). The summed E-state index contributed by atoms with van der Waals surface area (Å²) in [7, 11) is 0. The fourth-order valence-corrected chi connectivity index (χ4v) is 3.09. The highest BCUT2D eigenvalue weighted by Gasteiger charge is 2.24. The molecule has 130 valence electrons. The van der Waals surface area contributed by atoms with E-state index in [9.17, 15) is 9.18 Å². The maximum atomic E-state index is 14.4. The lowest BCUT2D eigenvalue weighted by atomic mass is 9.91. The number of imidazole rings is 1. The molecular formula is C19H19ClFN3O. The van der Waals surface area contributed by atoms with E-state index in [1.807, 2.05) is 18.2 Å². The minimum absolute atomic E-state index is 0.0189. The average Bonchev–Trinajstić information content (AvgIpc) is 2.95. The highest BCUT2D eigenvalue weighted by molar-refractivity contribution is 6.30. The summed E-state index contributed by atoms with van der Waals surface area (Å²) < 4.78 is 16.2. The van der Waals surface area contributed by atoms with Gasteiger partial charge < -0.3 is 9.72 Å². The van der Waals surface area contributed by atoms with Crippen molar-refractivity contribution in [2.24, 2.45) is 0 Å². The normalized spacial score (nSPS) is 12.5. The number of carbonyl (C=O) groups is 1. The Balaban J connectivity index is 2.08. The summed E-state index contributed by atoms with van der Waals surface area (Å²) in [5, 5.41) is 3.41. The molecule has 0 aliphatic rings. The maximum Gasteiger partial charge on any atom is 0.221 e. The number of aromatic nitrogens is 2. The van der Waals surface area contributed by atoms with Crippen LogP contribution in [0.3, 0.4) is 0 Å². The Labute approximate surface area is 150 Å². The molecule has 1 unspecified atom stereocenters. The van der Waals surface area contributed by atoms with Gasteiger partial charge >= 0.3 is 0 Å². The van der Waals surface area contributed by atoms with Crippen molar-refractivity contribution < 1.29 is 9.18 Å². The van der Waals surface area contributed by atoms with Gasteiger partial charge in [0, 0.05) is 30.8 Å². The lowest BCUT2D eigenvalue weighted by Crippen LogP contribution is -2.31. The minimum atomic E-state index is -0.464. The summed E-state index contributed by atoms with van der Waals surface area (Å²) in [5.41, 5.74) is 1.88. The number of benzene rings is 1. The second-order valence-corrected chi connectivity index (χ2v) is 6.70. The summed E-state index contributed by atoms with van der Waals surface area (Å²) >= 11 is 6.10. The third-order valence-corrected chi connectivity index (χ3v) is 4.20. The topological polar surface area (TPSA) is 46.4 Å². The van der Waals surface area contributed by atoms with Crippen molar-refractivity contribution in [3.8, 4) is 0 Å². The zero-order chi connectivity index (χ0) is 18.0. The predicted molar refractivity (Wildman–Crippen MR) is 96.3 cm³/mol. The summed E-state index contributed by atoms with van der Waals surface area (Å²) in [6, 6.07) is 10.1. The van der Waals surface area contributed by atoms with Crippen molar-refractivity contribution >= 4 is 23.2 Å². The first kappa shape index (κ1) is 17.4. The third kappa shape index (κ3) is 3.82. The molecule has 0 fully saturated rings. The van der Waals surface area contributed by atoms with E-state index < -0.39 is 5.92 Å². The summed E-state index contributed by atoms with van der Waals surface area (Å²) in [6.07, 6.45) is 3.53. The standard InChI is InChI=1S/C19H19ClFN3O/c1-12(2)23-19(25)9-15(14-5-3-4-6-16(14)21)17-10-22-18-8-7-13(20)11-24(17)18/h3-8,10-12,15H,9H2,1-2H3,(H,23,25). The molecule has 0 bridgehead atoms. The van der Waals surface area contributed by atoms with E-state index >= 15 is 0 Å². The van der Waals surface area contributed by atoms with Crippen molar-refractivity contribution in [2.75, 3.05) is 0 Å². The monoisotopic (exact) mass is 359 g/mol. The van der Waals surface area contributed by atoms with Gasteiger partial charge in [0.15, 0.2) is 0 Å². The van der Waals surface area contributed by atoms with E-state index in [0.29, 0.717) is 16.2 Å². The molecule has 0 spiro atoms.